The lowest BCUT2D eigenvalue weighted by molar-refractivity contribution is -0.131. The van der Waals surface area contributed by atoms with Gasteiger partial charge in [0.1, 0.15) is 0 Å². The van der Waals surface area contributed by atoms with E-state index in [0.29, 0.717) is 6.42 Å². The van der Waals surface area contributed by atoms with Crippen molar-refractivity contribution < 1.29 is 4.79 Å². The van der Waals surface area contributed by atoms with Crippen molar-refractivity contribution in [3.8, 4) is 0 Å². The SMILES string of the molecule is CCN(CCc1ccncc1)C(=O)CCN1CCCC1. The zero-order valence-electron chi connectivity index (χ0n) is 12.4. The van der Waals surface area contributed by atoms with Crippen molar-refractivity contribution in [3.05, 3.63) is 30.1 Å². The molecule has 0 radical (unpaired) electrons. The van der Waals surface area contributed by atoms with Crippen LogP contribution in [-0.4, -0.2) is 53.4 Å². The van der Waals surface area contributed by atoms with Gasteiger partial charge in [-0.25, -0.2) is 0 Å². The maximum atomic E-state index is 12.2. The minimum Gasteiger partial charge on any atom is -0.343 e. The Morgan fingerprint density at radius 1 is 1.30 bits per heavy atom. The number of rotatable bonds is 7. The maximum absolute atomic E-state index is 12.2. The van der Waals surface area contributed by atoms with E-state index in [9.17, 15) is 4.79 Å². The topological polar surface area (TPSA) is 36.4 Å². The van der Waals surface area contributed by atoms with Crippen LogP contribution in [0, 0.1) is 0 Å². The summed E-state index contributed by atoms with van der Waals surface area (Å²) in [5.41, 5.74) is 1.24. The van der Waals surface area contributed by atoms with Crippen LogP contribution in [0.5, 0.6) is 0 Å². The van der Waals surface area contributed by atoms with Crippen molar-refractivity contribution in [2.24, 2.45) is 0 Å². The van der Waals surface area contributed by atoms with E-state index in [1.165, 1.54) is 18.4 Å². The summed E-state index contributed by atoms with van der Waals surface area (Å²) >= 11 is 0. The van der Waals surface area contributed by atoms with Crippen molar-refractivity contribution >= 4 is 5.91 Å². The Morgan fingerprint density at radius 2 is 2.00 bits per heavy atom. The van der Waals surface area contributed by atoms with Crippen LogP contribution in [0.3, 0.4) is 0 Å². The van der Waals surface area contributed by atoms with Crippen molar-refractivity contribution in [1.82, 2.24) is 14.8 Å². The molecular formula is C16H25N3O. The first-order chi connectivity index (χ1) is 9.79. The quantitative estimate of drug-likeness (QED) is 0.763. The van der Waals surface area contributed by atoms with Crippen LogP contribution in [0.2, 0.25) is 0 Å². The Labute approximate surface area is 121 Å². The molecule has 2 heterocycles. The van der Waals surface area contributed by atoms with Crippen LogP contribution in [0.15, 0.2) is 24.5 Å². The molecule has 0 N–H and O–H groups in total. The summed E-state index contributed by atoms with van der Waals surface area (Å²) in [6.07, 6.45) is 7.75. The molecule has 1 saturated heterocycles. The lowest BCUT2D eigenvalue weighted by Crippen LogP contribution is -2.35. The average Bonchev–Trinajstić information content (AvgIpc) is 3.00. The van der Waals surface area contributed by atoms with Crippen LogP contribution >= 0.6 is 0 Å². The third-order valence-corrected chi connectivity index (χ3v) is 3.99. The summed E-state index contributed by atoms with van der Waals surface area (Å²) in [6.45, 7) is 6.90. The first-order valence-corrected chi connectivity index (χ1v) is 7.68. The molecule has 1 aromatic rings. The number of aromatic nitrogens is 1. The second kappa shape index (κ2) is 8.00. The van der Waals surface area contributed by atoms with Gasteiger partial charge in [-0.3, -0.25) is 9.78 Å². The number of carbonyl (C=O) groups is 1. The first-order valence-electron chi connectivity index (χ1n) is 7.68. The fraction of sp³-hybridized carbons (Fsp3) is 0.625. The predicted molar refractivity (Wildman–Crippen MR) is 80.5 cm³/mol. The van der Waals surface area contributed by atoms with E-state index in [1.54, 1.807) is 12.4 Å². The van der Waals surface area contributed by atoms with E-state index in [1.807, 2.05) is 17.0 Å². The molecule has 2 rings (SSSR count). The van der Waals surface area contributed by atoms with Gasteiger partial charge in [0.05, 0.1) is 0 Å². The van der Waals surface area contributed by atoms with Gasteiger partial charge in [-0.15, -0.1) is 0 Å². The molecule has 4 nitrogen and oxygen atoms in total. The molecule has 0 saturated carbocycles. The van der Waals surface area contributed by atoms with E-state index in [4.69, 9.17) is 0 Å². The summed E-state index contributed by atoms with van der Waals surface area (Å²) in [7, 11) is 0. The van der Waals surface area contributed by atoms with Gasteiger partial charge in [0.2, 0.25) is 5.91 Å². The Kier molecular flexibility index (Phi) is 5.99. The summed E-state index contributed by atoms with van der Waals surface area (Å²) < 4.78 is 0. The van der Waals surface area contributed by atoms with Crippen molar-refractivity contribution in [1.29, 1.82) is 0 Å². The summed E-state index contributed by atoms with van der Waals surface area (Å²) in [6, 6.07) is 4.03. The van der Waals surface area contributed by atoms with Crippen LogP contribution in [0.25, 0.3) is 0 Å². The van der Waals surface area contributed by atoms with Crippen molar-refractivity contribution in [3.63, 3.8) is 0 Å². The minimum absolute atomic E-state index is 0.286. The molecule has 0 aromatic carbocycles. The fourth-order valence-corrected chi connectivity index (χ4v) is 2.69. The molecule has 0 atom stereocenters. The number of amides is 1. The molecule has 20 heavy (non-hydrogen) atoms. The van der Waals surface area contributed by atoms with Crippen LogP contribution in [0.4, 0.5) is 0 Å². The van der Waals surface area contributed by atoms with Gasteiger partial charge in [0.15, 0.2) is 0 Å². The Hall–Kier alpha value is -1.42. The number of nitrogens with zero attached hydrogens (tertiary/aromatic N) is 3. The van der Waals surface area contributed by atoms with Gasteiger partial charge in [-0.2, -0.15) is 0 Å². The molecular weight excluding hydrogens is 250 g/mol. The highest BCUT2D eigenvalue weighted by atomic mass is 16.2. The molecule has 1 aromatic heterocycles. The largest absolute Gasteiger partial charge is 0.343 e. The number of likely N-dealkylation sites (tertiary alicyclic amines) is 1. The lowest BCUT2D eigenvalue weighted by Gasteiger charge is -2.22. The Balaban J connectivity index is 1.73. The summed E-state index contributed by atoms with van der Waals surface area (Å²) in [5.74, 6) is 0.286. The van der Waals surface area contributed by atoms with Crippen molar-refractivity contribution in [2.45, 2.75) is 32.6 Å². The standard InChI is InChI=1S/C16H25N3O/c1-2-19(14-7-15-5-9-17-10-6-15)16(20)8-13-18-11-3-4-12-18/h5-6,9-10H,2-4,7-8,11-14H2,1H3. The Bertz CT molecular complexity index is 401. The molecule has 1 aliphatic rings. The average molecular weight is 275 g/mol. The highest BCUT2D eigenvalue weighted by Crippen LogP contribution is 2.08. The summed E-state index contributed by atoms with van der Waals surface area (Å²) in [5, 5.41) is 0. The van der Waals surface area contributed by atoms with Gasteiger partial charge < -0.3 is 9.80 Å². The first kappa shape index (κ1) is 15.0. The van der Waals surface area contributed by atoms with E-state index >= 15 is 0 Å². The van der Waals surface area contributed by atoms with Crippen LogP contribution in [-0.2, 0) is 11.2 Å². The third kappa shape index (κ3) is 4.60. The molecule has 0 spiro atoms. The fourth-order valence-electron chi connectivity index (χ4n) is 2.69. The molecule has 1 amide bonds. The number of pyridine rings is 1. The minimum atomic E-state index is 0.286. The van der Waals surface area contributed by atoms with Gasteiger partial charge in [-0.1, -0.05) is 0 Å². The zero-order valence-corrected chi connectivity index (χ0v) is 12.4. The lowest BCUT2D eigenvalue weighted by atomic mass is 10.2. The zero-order chi connectivity index (χ0) is 14.2. The monoisotopic (exact) mass is 275 g/mol. The molecule has 110 valence electrons. The number of likely N-dealkylation sites (N-methyl/N-ethyl adjacent to an activating group) is 1. The normalized spacial score (nSPS) is 15.4. The second-order valence-electron chi connectivity index (χ2n) is 5.38. The predicted octanol–water partition coefficient (Wildman–Crippen LogP) is 1.96. The van der Waals surface area contributed by atoms with Crippen molar-refractivity contribution in [2.75, 3.05) is 32.7 Å². The molecule has 1 aliphatic heterocycles. The summed E-state index contributed by atoms with van der Waals surface area (Å²) in [4.78, 5) is 20.6. The van der Waals surface area contributed by atoms with Crippen LogP contribution < -0.4 is 0 Å². The number of carbonyl (C=O) groups excluding carboxylic acids is 1. The molecule has 1 fully saturated rings. The van der Waals surface area contributed by atoms with E-state index in [0.717, 1.165) is 39.1 Å². The second-order valence-corrected chi connectivity index (χ2v) is 5.38. The molecule has 0 bridgehead atoms. The van der Waals surface area contributed by atoms with Gasteiger partial charge in [-0.05, 0) is 57.0 Å². The van der Waals surface area contributed by atoms with Crippen LogP contribution in [0.1, 0.15) is 31.7 Å². The number of hydrogen-bond acceptors (Lipinski definition) is 3. The van der Waals surface area contributed by atoms with E-state index < -0.39 is 0 Å². The smallest absolute Gasteiger partial charge is 0.223 e. The highest BCUT2D eigenvalue weighted by molar-refractivity contribution is 5.76. The van der Waals surface area contributed by atoms with E-state index in [-0.39, 0.29) is 5.91 Å². The molecule has 0 unspecified atom stereocenters. The van der Waals surface area contributed by atoms with E-state index in [2.05, 4.69) is 16.8 Å². The highest BCUT2D eigenvalue weighted by Gasteiger charge is 2.16. The van der Waals surface area contributed by atoms with Gasteiger partial charge in [0, 0.05) is 38.4 Å². The third-order valence-electron chi connectivity index (χ3n) is 3.99. The Morgan fingerprint density at radius 3 is 2.65 bits per heavy atom. The molecule has 4 heteroatoms. The number of hydrogen-bond donors (Lipinski definition) is 0. The maximum Gasteiger partial charge on any atom is 0.223 e. The van der Waals surface area contributed by atoms with Gasteiger partial charge in [0.25, 0.3) is 0 Å². The van der Waals surface area contributed by atoms with Gasteiger partial charge >= 0.3 is 0 Å². The molecule has 0 aliphatic carbocycles.